The van der Waals surface area contributed by atoms with E-state index in [1.54, 1.807) is 23.1 Å². The summed E-state index contributed by atoms with van der Waals surface area (Å²) in [5.74, 6) is 1.44. The van der Waals surface area contributed by atoms with Crippen LogP contribution in [-0.2, 0) is 11.3 Å². The van der Waals surface area contributed by atoms with Gasteiger partial charge in [0.15, 0.2) is 0 Å². The van der Waals surface area contributed by atoms with Gasteiger partial charge in [0.1, 0.15) is 5.82 Å². The Morgan fingerprint density at radius 3 is 2.96 bits per heavy atom. The van der Waals surface area contributed by atoms with Crippen LogP contribution in [0.2, 0.25) is 0 Å². The molecule has 23 heavy (non-hydrogen) atoms. The second kappa shape index (κ2) is 7.12. The van der Waals surface area contributed by atoms with E-state index in [0.29, 0.717) is 18.8 Å². The lowest BCUT2D eigenvalue weighted by Gasteiger charge is -2.33. The zero-order valence-electron chi connectivity index (χ0n) is 13.1. The van der Waals surface area contributed by atoms with Gasteiger partial charge >= 0.3 is 0 Å². The molecule has 9 nitrogen and oxygen atoms in total. The van der Waals surface area contributed by atoms with Gasteiger partial charge in [-0.3, -0.25) is 4.79 Å². The van der Waals surface area contributed by atoms with Crippen LogP contribution in [0.4, 0.5) is 5.95 Å². The molecule has 0 unspecified atom stereocenters. The third-order valence-corrected chi connectivity index (χ3v) is 3.88. The molecule has 0 spiro atoms. The highest BCUT2D eigenvalue weighted by molar-refractivity contribution is 5.76. The maximum Gasteiger partial charge on any atom is 0.225 e. The average Bonchev–Trinajstić information content (AvgIpc) is 2.99. The first-order valence-electron chi connectivity index (χ1n) is 7.76. The van der Waals surface area contributed by atoms with Crippen molar-refractivity contribution in [2.75, 3.05) is 18.0 Å². The fourth-order valence-corrected chi connectivity index (χ4v) is 2.69. The van der Waals surface area contributed by atoms with E-state index >= 15 is 0 Å². The predicted molar refractivity (Wildman–Crippen MR) is 82.6 cm³/mol. The van der Waals surface area contributed by atoms with Crippen LogP contribution < -0.4 is 10.2 Å². The third-order valence-electron chi connectivity index (χ3n) is 3.88. The van der Waals surface area contributed by atoms with Crippen LogP contribution in [-0.4, -0.2) is 55.2 Å². The molecule has 0 radical (unpaired) electrons. The van der Waals surface area contributed by atoms with E-state index in [0.717, 1.165) is 31.9 Å². The number of aromatic nitrogens is 6. The molecule has 1 fully saturated rings. The summed E-state index contributed by atoms with van der Waals surface area (Å²) in [4.78, 5) is 22.8. The standard InChI is InChI=1S/C14H20N8O/c1-11-18-19-20-22(11)9-5-13(23)17-12-4-2-8-21(10-12)14-15-6-3-7-16-14/h3,6-7,12H,2,4-5,8-10H2,1H3,(H,17,23)/t12-/m0/s1. The minimum atomic E-state index is 0.0146. The molecule has 1 aliphatic rings. The average molecular weight is 316 g/mol. The first-order chi connectivity index (χ1) is 11.2. The van der Waals surface area contributed by atoms with Gasteiger partial charge in [0, 0.05) is 37.9 Å². The van der Waals surface area contributed by atoms with Gasteiger partial charge in [-0.2, -0.15) is 0 Å². The number of rotatable bonds is 5. The Hall–Kier alpha value is -2.58. The topological polar surface area (TPSA) is 102 Å². The Bertz CT molecular complexity index is 643. The summed E-state index contributed by atoms with van der Waals surface area (Å²) in [7, 11) is 0. The molecule has 3 heterocycles. The number of tetrazole rings is 1. The Labute approximate surface area is 134 Å². The maximum atomic E-state index is 12.1. The molecule has 1 aliphatic heterocycles. The molecular weight excluding hydrogens is 296 g/mol. The number of anilines is 1. The number of amides is 1. The van der Waals surface area contributed by atoms with Gasteiger partial charge in [0.25, 0.3) is 0 Å². The summed E-state index contributed by atoms with van der Waals surface area (Å²) in [5.41, 5.74) is 0. The molecule has 2 aromatic rings. The number of aryl methyl sites for hydroxylation is 2. The Balaban J connectivity index is 1.49. The molecule has 1 saturated heterocycles. The van der Waals surface area contributed by atoms with Crippen molar-refractivity contribution in [1.29, 1.82) is 0 Å². The molecule has 9 heteroatoms. The second-order valence-electron chi connectivity index (χ2n) is 5.60. The quantitative estimate of drug-likeness (QED) is 0.825. The highest BCUT2D eigenvalue weighted by atomic mass is 16.1. The third kappa shape index (κ3) is 3.99. The Morgan fingerprint density at radius 1 is 1.39 bits per heavy atom. The molecule has 1 amide bonds. The minimum Gasteiger partial charge on any atom is -0.352 e. The van der Waals surface area contributed by atoms with Crippen molar-refractivity contribution < 1.29 is 4.79 Å². The molecular formula is C14H20N8O. The summed E-state index contributed by atoms with van der Waals surface area (Å²) in [5, 5.41) is 14.3. The van der Waals surface area contributed by atoms with Gasteiger partial charge < -0.3 is 10.2 Å². The lowest BCUT2D eigenvalue weighted by atomic mass is 10.1. The van der Waals surface area contributed by atoms with Crippen LogP contribution >= 0.6 is 0 Å². The number of carbonyl (C=O) groups excluding carboxylic acids is 1. The van der Waals surface area contributed by atoms with E-state index in [4.69, 9.17) is 0 Å². The summed E-state index contributed by atoms with van der Waals surface area (Å²) < 4.78 is 1.63. The van der Waals surface area contributed by atoms with Crippen molar-refractivity contribution in [3.63, 3.8) is 0 Å². The van der Waals surface area contributed by atoms with Crippen molar-refractivity contribution in [3.05, 3.63) is 24.3 Å². The molecule has 0 bridgehead atoms. The van der Waals surface area contributed by atoms with Crippen LogP contribution in [0.3, 0.4) is 0 Å². The second-order valence-corrected chi connectivity index (χ2v) is 5.60. The van der Waals surface area contributed by atoms with Crippen molar-refractivity contribution in [1.82, 2.24) is 35.5 Å². The first kappa shape index (κ1) is 15.3. The van der Waals surface area contributed by atoms with Gasteiger partial charge in [0.2, 0.25) is 11.9 Å². The summed E-state index contributed by atoms with van der Waals surface area (Å²) >= 11 is 0. The van der Waals surface area contributed by atoms with E-state index in [-0.39, 0.29) is 11.9 Å². The first-order valence-corrected chi connectivity index (χ1v) is 7.76. The van der Waals surface area contributed by atoms with Gasteiger partial charge in [-0.15, -0.1) is 5.10 Å². The molecule has 2 aromatic heterocycles. The Morgan fingerprint density at radius 2 is 2.22 bits per heavy atom. The minimum absolute atomic E-state index is 0.0146. The number of carbonyl (C=O) groups is 1. The zero-order valence-corrected chi connectivity index (χ0v) is 13.1. The highest BCUT2D eigenvalue weighted by Crippen LogP contribution is 2.15. The molecule has 3 rings (SSSR count). The molecule has 0 saturated carbocycles. The van der Waals surface area contributed by atoms with E-state index < -0.39 is 0 Å². The van der Waals surface area contributed by atoms with Gasteiger partial charge in [0.05, 0.1) is 6.54 Å². The van der Waals surface area contributed by atoms with Crippen molar-refractivity contribution in [2.24, 2.45) is 0 Å². The molecule has 0 aliphatic carbocycles. The molecule has 1 atom stereocenters. The largest absolute Gasteiger partial charge is 0.352 e. The molecule has 122 valence electrons. The predicted octanol–water partition coefficient (Wildman–Crippen LogP) is -0.0532. The van der Waals surface area contributed by atoms with Crippen LogP contribution in [0.1, 0.15) is 25.1 Å². The zero-order chi connectivity index (χ0) is 16.1. The van der Waals surface area contributed by atoms with Crippen LogP contribution in [0.5, 0.6) is 0 Å². The molecule has 0 aromatic carbocycles. The van der Waals surface area contributed by atoms with Crippen LogP contribution in [0.25, 0.3) is 0 Å². The number of piperidine rings is 1. The van der Waals surface area contributed by atoms with E-state index in [1.807, 2.05) is 6.92 Å². The van der Waals surface area contributed by atoms with Gasteiger partial charge in [-0.25, -0.2) is 14.6 Å². The van der Waals surface area contributed by atoms with E-state index in [9.17, 15) is 4.79 Å². The smallest absolute Gasteiger partial charge is 0.225 e. The van der Waals surface area contributed by atoms with Gasteiger partial charge in [-0.05, 0) is 36.3 Å². The SMILES string of the molecule is Cc1nnnn1CCC(=O)N[C@H]1CCCN(c2ncccn2)C1. The van der Waals surface area contributed by atoms with Crippen LogP contribution in [0, 0.1) is 6.92 Å². The fraction of sp³-hybridized carbons (Fsp3) is 0.571. The van der Waals surface area contributed by atoms with Crippen molar-refractivity contribution in [3.8, 4) is 0 Å². The van der Waals surface area contributed by atoms with E-state index in [1.165, 1.54) is 0 Å². The van der Waals surface area contributed by atoms with Crippen molar-refractivity contribution in [2.45, 2.75) is 38.8 Å². The normalized spacial score (nSPS) is 18.0. The molecule has 1 N–H and O–H groups in total. The maximum absolute atomic E-state index is 12.1. The summed E-state index contributed by atoms with van der Waals surface area (Å²) in [6.45, 7) is 3.96. The summed E-state index contributed by atoms with van der Waals surface area (Å²) in [6.07, 6.45) is 5.82. The number of hydrogen-bond acceptors (Lipinski definition) is 7. The lowest BCUT2D eigenvalue weighted by Crippen LogP contribution is -2.48. The van der Waals surface area contributed by atoms with Crippen LogP contribution in [0.15, 0.2) is 18.5 Å². The van der Waals surface area contributed by atoms with E-state index in [2.05, 4.69) is 35.7 Å². The van der Waals surface area contributed by atoms with Gasteiger partial charge in [-0.1, -0.05) is 0 Å². The number of nitrogens with zero attached hydrogens (tertiary/aromatic N) is 7. The summed E-state index contributed by atoms with van der Waals surface area (Å²) in [6, 6.07) is 1.92. The highest BCUT2D eigenvalue weighted by Gasteiger charge is 2.22. The monoisotopic (exact) mass is 316 g/mol. The number of hydrogen-bond donors (Lipinski definition) is 1. The number of nitrogens with one attached hydrogen (secondary N) is 1. The fourth-order valence-electron chi connectivity index (χ4n) is 2.69. The van der Waals surface area contributed by atoms with Crippen molar-refractivity contribution >= 4 is 11.9 Å². The Kier molecular flexibility index (Phi) is 4.74. The lowest BCUT2D eigenvalue weighted by molar-refractivity contribution is -0.122.